The first-order chi connectivity index (χ1) is 29.8. The highest BCUT2D eigenvalue weighted by Gasteiger charge is 2.69. The van der Waals surface area contributed by atoms with Gasteiger partial charge in [-0.05, 0) is 106 Å². The van der Waals surface area contributed by atoms with Crippen molar-refractivity contribution in [3.05, 3.63) is 0 Å². The smallest absolute Gasteiger partial charge is 0.187 e. The molecule has 10 N–H and O–H groups in total. The van der Waals surface area contributed by atoms with E-state index in [0.29, 0.717) is 43.1 Å². The van der Waals surface area contributed by atoms with E-state index in [1.807, 2.05) is 0 Å². The van der Waals surface area contributed by atoms with Gasteiger partial charge in [0, 0.05) is 24.9 Å². The molecule has 0 aromatic rings. The highest BCUT2D eigenvalue weighted by Crippen LogP contribution is 2.71. The summed E-state index contributed by atoms with van der Waals surface area (Å²) in [6.45, 7) is 10.0. The van der Waals surface area contributed by atoms with Crippen molar-refractivity contribution < 1.29 is 89.0 Å². The van der Waals surface area contributed by atoms with Gasteiger partial charge in [0.05, 0.1) is 43.7 Å². The fourth-order valence-corrected chi connectivity index (χ4v) is 14.7. The van der Waals surface area contributed by atoms with E-state index < -0.39 is 117 Å². The molecule has 28 atom stereocenters. The fraction of sp³-hybridized carbons (Fsp3) is 1.00. The Labute approximate surface area is 369 Å². The number of aliphatic hydroxyl groups is 10. The first-order valence-electron chi connectivity index (χ1n) is 23.8. The molecule has 1 spiro atoms. The van der Waals surface area contributed by atoms with Crippen LogP contribution in [0.3, 0.4) is 0 Å². The van der Waals surface area contributed by atoms with Gasteiger partial charge in [0.1, 0.15) is 61.0 Å². The molecule has 9 aliphatic rings. The Kier molecular flexibility index (Phi) is 13.3. The molecule has 0 amide bonds. The molecular formula is C45H74O18. The normalized spacial score (nSPS) is 59.4. The topological polar surface area (TPSA) is 276 Å². The molecule has 18 heteroatoms. The first kappa shape index (κ1) is 47.4. The molecule has 9 rings (SSSR count). The molecule has 0 aromatic carbocycles. The van der Waals surface area contributed by atoms with Crippen LogP contribution in [-0.2, 0) is 37.9 Å². The predicted molar refractivity (Wildman–Crippen MR) is 216 cm³/mol. The van der Waals surface area contributed by atoms with Crippen LogP contribution in [0.4, 0.5) is 0 Å². The van der Waals surface area contributed by atoms with E-state index in [0.717, 1.165) is 44.9 Å². The summed E-state index contributed by atoms with van der Waals surface area (Å²) in [7, 11) is 0. The summed E-state index contributed by atoms with van der Waals surface area (Å²) >= 11 is 0. The molecule has 0 aromatic heterocycles. The molecule has 5 saturated heterocycles. The van der Waals surface area contributed by atoms with Gasteiger partial charge in [0.2, 0.25) is 0 Å². The summed E-state index contributed by atoms with van der Waals surface area (Å²) in [5.41, 5.74) is -0.00898. The number of fused-ring (bicyclic) bond motifs is 7. The molecule has 0 radical (unpaired) electrons. The molecule has 0 bridgehead atoms. The number of aliphatic hydroxyl groups excluding tert-OH is 10. The highest BCUT2D eigenvalue weighted by atomic mass is 16.8. The van der Waals surface area contributed by atoms with Crippen LogP contribution in [0, 0.1) is 52.3 Å². The van der Waals surface area contributed by atoms with E-state index in [4.69, 9.17) is 37.9 Å². The summed E-state index contributed by atoms with van der Waals surface area (Å²) in [4.78, 5) is 0. The van der Waals surface area contributed by atoms with Crippen LogP contribution in [0.25, 0.3) is 0 Å². The second-order valence-corrected chi connectivity index (χ2v) is 21.6. The zero-order valence-corrected chi connectivity index (χ0v) is 37.2. The Balaban J connectivity index is 0.839. The van der Waals surface area contributed by atoms with Gasteiger partial charge in [0.25, 0.3) is 0 Å². The average Bonchev–Trinajstić information content (AvgIpc) is 3.70. The number of hydrogen-bond donors (Lipinski definition) is 10. The number of ether oxygens (including phenoxy) is 8. The third kappa shape index (κ3) is 7.79. The van der Waals surface area contributed by atoms with Crippen LogP contribution in [0.5, 0.6) is 0 Å². The van der Waals surface area contributed by atoms with Gasteiger partial charge in [-0.25, -0.2) is 0 Å². The van der Waals surface area contributed by atoms with E-state index in [2.05, 4.69) is 20.8 Å². The summed E-state index contributed by atoms with van der Waals surface area (Å²) in [5, 5.41) is 108. The van der Waals surface area contributed by atoms with Gasteiger partial charge in [-0.1, -0.05) is 20.8 Å². The second kappa shape index (κ2) is 17.7. The largest absolute Gasteiger partial charge is 0.396 e. The van der Waals surface area contributed by atoms with Crippen molar-refractivity contribution in [1.29, 1.82) is 0 Å². The van der Waals surface area contributed by atoms with Crippen molar-refractivity contribution in [2.45, 2.75) is 209 Å². The lowest BCUT2D eigenvalue weighted by Gasteiger charge is -2.62. The lowest BCUT2D eigenvalue weighted by molar-refractivity contribution is -0.387. The summed E-state index contributed by atoms with van der Waals surface area (Å²) in [6, 6.07) is 0. The van der Waals surface area contributed by atoms with Gasteiger partial charge < -0.3 is 89.0 Å². The maximum absolute atomic E-state index is 11.8. The van der Waals surface area contributed by atoms with Crippen molar-refractivity contribution in [3.8, 4) is 0 Å². The zero-order chi connectivity index (χ0) is 45.1. The van der Waals surface area contributed by atoms with Gasteiger partial charge in [0.15, 0.2) is 24.7 Å². The minimum Gasteiger partial charge on any atom is -0.396 e. The molecule has 9 fully saturated rings. The van der Waals surface area contributed by atoms with E-state index in [9.17, 15) is 51.1 Å². The van der Waals surface area contributed by atoms with Crippen molar-refractivity contribution in [2.24, 2.45) is 52.3 Å². The van der Waals surface area contributed by atoms with Crippen LogP contribution in [0.1, 0.15) is 92.4 Å². The monoisotopic (exact) mass is 902 g/mol. The Hall–Kier alpha value is -0.720. The van der Waals surface area contributed by atoms with Crippen molar-refractivity contribution in [2.75, 3.05) is 19.8 Å². The number of hydrogen-bond acceptors (Lipinski definition) is 18. The maximum atomic E-state index is 11.8. The molecule has 362 valence electrons. The minimum absolute atomic E-state index is 0.129. The Morgan fingerprint density at radius 1 is 0.603 bits per heavy atom. The summed E-state index contributed by atoms with van der Waals surface area (Å²) in [5.74, 6) is 1.97. The summed E-state index contributed by atoms with van der Waals surface area (Å²) < 4.78 is 49.1. The molecule has 0 unspecified atom stereocenters. The van der Waals surface area contributed by atoms with Crippen molar-refractivity contribution in [3.63, 3.8) is 0 Å². The van der Waals surface area contributed by atoms with E-state index in [1.54, 1.807) is 0 Å². The lowest BCUT2D eigenvalue weighted by Crippen LogP contribution is -2.66. The van der Waals surface area contributed by atoms with Gasteiger partial charge in [-0.15, -0.1) is 0 Å². The van der Waals surface area contributed by atoms with E-state index >= 15 is 0 Å². The highest BCUT2D eigenvalue weighted by molar-refractivity contribution is 5.16. The first-order valence-corrected chi connectivity index (χ1v) is 23.8. The Morgan fingerprint density at radius 2 is 1.25 bits per heavy atom. The molecule has 63 heavy (non-hydrogen) atoms. The van der Waals surface area contributed by atoms with Crippen LogP contribution in [0.2, 0.25) is 0 Å². The second-order valence-electron chi connectivity index (χ2n) is 21.6. The van der Waals surface area contributed by atoms with Gasteiger partial charge in [-0.3, -0.25) is 0 Å². The third-order valence-electron chi connectivity index (χ3n) is 18.4. The fourth-order valence-electron chi connectivity index (χ4n) is 14.7. The van der Waals surface area contributed by atoms with Crippen molar-refractivity contribution in [1.82, 2.24) is 0 Å². The Bertz CT molecular complexity index is 1580. The summed E-state index contributed by atoms with van der Waals surface area (Å²) in [6.07, 6.45) is -15.9. The SMILES string of the molecule is C[C@@H]1O[C@@H](O[C@H]2[C@H](O[C@H]3[C@H](O)[C@@H](O)[C@H](O[C@@H]4C[C@H]5CC[C@H]6[C@@H](CC[C@]7(C)[C@H]8[C@@H](C[C@H]67)O[C@]6(CC[C@@H](CO)CO6)[C@H]8C)[C@]5(C)C[C@H]4O)O[C@@H]3CO)O[C@@H](C)[C@H](O)[C@H]2O)[C@H](O)[C@H](O)[C@H]1O. The predicted octanol–water partition coefficient (Wildman–Crippen LogP) is -0.735. The van der Waals surface area contributed by atoms with E-state index in [-0.39, 0.29) is 41.3 Å². The molecular weight excluding hydrogens is 828 g/mol. The molecule has 5 heterocycles. The molecule has 5 aliphatic heterocycles. The maximum Gasteiger partial charge on any atom is 0.187 e. The molecule has 4 saturated carbocycles. The Morgan fingerprint density at radius 3 is 1.94 bits per heavy atom. The van der Waals surface area contributed by atoms with Gasteiger partial charge >= 0.3 is 0 Å². The zero-order valence-electron chi connectivity index (χ0n) is 37.2. The molecule has 18 nitrogen and oxygen atoms in total. The molecule has 4 aliphatic carbocycles. The third-order valence-corrected chi connectivity index (χ3v) is 18.4. The lowest BCUT2D eigenvalue weighted by atomic mass is 9.44. The number of rotatable bonds is 8. The van der Waals surface area contributed by atoms with Crippen molar-refractivity contribution >= 4 is 0 Å². The minimum atomic E-state index is -1.75. The van der Waals surface area contributed by atoms with Gasteiger partial charge in [-0.2, -0.15) is 0 Å². The van der Waals surface area contributed by atoms with Crippen LogP contribution >= 0.6 is 0 Å². The standard InChI is InChI=1S/C45H74O18/c1-18-30-28(63-45(18)11-8-21(15-46)17-56-45)13-25-23-7-6-22-12-27(26(48)14-44(22,5)24(23)9-10-43(25,30)4)59-41-37(55)35(53)38(29(16-47)60-41)61-42-39(34(52)32(50)20(3)58-42)62-40-36(54)33(51)31(49)19(2)57-40/h18-42,46-55H,6-17H2,1-5H3/t18-,19-,20-,21-,22+,23-,24+,25+,26+,27+,28+,29+,30+,31-,32-,33+,34+,35+,36+,37+,38+,39+,40-,41+,42-,43-,44+,45+/m0/s1. The van der Waals surface area contributed by atoms with Crippen LogP contribution < -0.4 is 0 Å². The van der Waals surface area contributed by atoms with E-state index in [1.165, 1.54) is 13.8 Å². The average molecular weight is 903 g/mol. The van der Waals surface area contributed by atoms with Crippen LogP contribution in [0.15, 0.2) is 0 Å². The quantitative estimate of drug-likeness (QED) is 0.134. The van der Waals surface area contributed by atoms with Crippen LogP contribution in [-0.4, -0.2) is 187 Å².